The lowest BCUT2D eigenvalue weighted by atomic mass is 9.94. The van der Waals surface area contributed by atoms with Gasteiger partial charge in [0, 0.05) is 44.2 Å². The van der Waals surface area contributed by atoms with E-state index in [1.54, 1.807) is 0 Å². The van der Waals surface area contributed by atoms with Gasteiger partial charge in [0.2, 0.25) is 5.91 Å². The molecule has 1 aromatic rings. The molecule has 1 saturated carbocycles. The van der Waals surface area contributed by atoms with Gasteiger partial charge in [-0.05, 0) is 25.0 Å². The minimum Gasteiger partial charge on any atom is -0.379 e. The number of nitrogens with one attached hydrogen (secondary N) is 1. The smallest absolute Gasteiger partial charge is 0.252 e. The van der Waals surface area contributed by atoms with Gasteiger partial charge in [-0.3, -0.25) is 14.5 Å². The van der Waals surface area contributed by atoms with Crippen LogP contribution in [0.15, 0.2) is 29.2 Å². The van der Waals surface area contributed by atoms with Crippen LogP contribution in [0.4, 0.5) is 0 Å². The zero-order valence-electron chi connectivity index (χ0n) is 17.4. The highest BCUT2D eigenvalue weighted by molar-refractivity contribution is 8.00. The van der Waals surface area contributed by atoms with Crippen molar-refractivity contribution in [3.8, 4) is 0 Å². The molecule has 7 heteroatoms. The Morgan fingerprint density at radius 3 is 2.66 bits per heavy atom. The minimum atomic E-state index is -0.0746. The Hall–Kier alpha value is -1.57. The Morgan fingerprint density at radius 2 is 1.90 bits per heavy atom. The van der Waals surface area contributed by atoms with Gasteiger partial charge in [0.05, 0.1) is 24.5 Å². The van der Waals surface area contributed by atoms with Gasteiger partial charge in [0.25, 0.3) is 5.91 Å². The van der Waals surface area contributed by atoms with Crippen LogP contribution in [0.5, 0.6) is 0 Å². The fraction of sp³-hybridized carbons (Fsp3) is 0.636. The van der Waals surface area contributed by atoms with Crippen LogP contribution in [0.1, 0.15) is 42.5 Å². The molecule has 0 bridgehead atoms. The topological polar surface area (TPSA) is 61.9 Å². The number of hydrogen-bond acceptors (Lipinski definition) is 5. The van der Waals surface area contributed by atoms with E-state index in [1.807, 2.05) is 36.2 Å². The van der Waals surface area contributed by atoms with Crippen molar-refractivity contribution in [3.63, 3.8) is 0 Å². The van der Waals surface area contributed by atoms with Gasteiger partial charge < -0.3 is 15.0 Å². The van der Waals surface area contributed by atoms with Crippen molar-refractivity contribution in [2.75, 3.05) is 52.2 Å². The molecule has 0 spiro atoms. The van der Waals surface area contributed by atoms with Crippen molar-refractivity contribution in [2.45, 2.75) is 43.0 Å². The van der Waals surface area contributed by atoms with Crippen LogP contribution in [0.25, 0.3) is 0 Å². The molecule has 2 amide bonds. The summed E-state index contributed by atoms with van der Waals surface area (Å²) in [6, 6.07) is 7.92. The number of nitrogens with zero attached hydrogens (tertiary/aromatic N) is 2. The fourth-order valence-electron chi connectivity index (χ4n) is 3.94. The normalized spacial score (nSPS) is 18.4. The molecular weight excluding hydrogens is 386 g/mol. The predicted molar refractivity (Wildman–Crippen MR) is 116 cm³/mol. The molecule has 2 aliphatic rings. The molecule has 1 saturated heterocycles. The maximum absolute atomic E-state index is 12.7. The molecule has 2 fully saturated rings. The zero-order chi connectivity index (χ0) is 20.5. The summed E-state index contributed by atoms with van der Waals surface area (Å²) in [5, 5.41) is 3.02. The van der Waals surface area contributed by atoms with Gasteiger partial charge in [-0.15, -0.1) is 11.8 Å². The van der Waals surface area contributed by atoms with Crippen LogP contribution < -0.4 is 5.32 Å². The lowest BCUT2D eigenvalue weighted by Gasteiger charge is -2.31. The maximum Gasteiger partial charge on any atom is 0.252 e. The van der Waals surface area contributed by atoms with Gasteiger partial charge >= 0.3 is 0 Å². The Morgan fingerprint density at radius 1 is 1.17 bits per heavy atom. The second kappa shape index (κ2) is 11.6. The first kappa shape index (κ1) is 22.1. The summed E-state index contributed by atoms with van der Waals surface area (Å²) in [5.41, 5.74) is 0.646. The average molecular weight is 420 g/mol. The molecular formula is C22H33N3O3S. The summed E-state index contributed by atoms with van der Waals surface area (Å²) in [5.74, 6) is 0.435. The summed E-state index contributed by atoms with van der Waals surface area (Å²) in [6.07, 6.45) is 5.91. The van der Waals surface area contributed by atoms with Crippen molar-refractivity contribution in [2.24, 2.45) is 0 Å². The molecule has 1 aliphatic heterocycles. The summed E-state index contributed by atoms with van der Waals surface area (Å²) in [4.78, 5) is 30.4. The largest absolute Gasteiger partial charge is 0.379 e. The highest BCUT2D eigenvalue weighted by Crippen LogP contribution is 2.25. The minimum absolute atomic E-state index is 0.0746. The third-order valence-corrected chi connectivity index (χ3v) is 6.87. The van der Waals surface area contributed by atoms with Crippen LogP contribution in [0.3, 0.4) is 0 Å². The molecule has 0 radical (unpaired) electrons. The molecule has 0 atom stereocenters. The predicted octanol–water partition coefficient (Wildman–Crippen LogP) is 2.63. The van der Waals surface area contributed by atoms with E-state index >= 15 is 0 Å². The Bertz CT molecular complexity index is 673. The van der Waals surface area contributed by atoms with E-state index in [9.17, 15) is 9.59 Å². The average Bonchev–Trinajstić information content (AvgIpc) is 2.78. The van der Waals surface area contributed by atoms with E-state index in [0.29, 0.717) is 23.9 Å². The number of carbonyl (C=O) groups is 2. The van der Waals surface area contributed by atoms with E-state index in [1.165, 1.54) is 31.0 Å². The third-order valence-electron chi connectivity index (χ3n) is 5.82. The molecule has 3 rings (SSSR count). The van der Waals surface area contributed by atoms with E-state index < -0.39 is 0 Å². The summed E-state index contributed by atoms with van der Waals surface area (Å²) in [7, 11) is 1.92. The Kier molecular flexibility index (Phi) is 8.83. The van der Waals surface area contributed by atoms with Crippen LogP contribution in [0, 0.1) is 0 Å². The number of morpholine rings is 1. The summed E-state index contributed by atoms with van der Waals surface area (Å²) >= 11 is 1.46. The molecule has 0 aromatic heterocycles. The number of carbonyl (C=O) groups excluding carboxylic acids is 2. The lowest BCUT2D eigenvalue weighted by Crippen LogP contribution is -2.41. The van der Waals surface area contributed by atoms with Crippen LogP contribution in [-0.2, 0) is 9.53 Å². The summed E-state index contributed by atoms with van der Waals surface area (Å²) < 4.78 is 5.35. The quantitative estimate of drug-likeness (QED) is 0.657. The van der Waals surface area contributed by atoms with Gasteiger partial charge in [-0.1, -0.05) is 31.4 Å². The number of ether oxygens (including phenoxy) is 1. The highest BCUT2D eigenvalue weighted by atomic mass is 32.2. The van der Waals surface area contributed by atoms with Gasteiger partial charge in [-0.2, -0.15) is 0 Å². The number of amides is 2. The summed E-state index contributed by atoms with van der Waals surface area (Å²) in [6.45, 7) is 4.79. The van der Waals surface area contributed by atoms with Crippen molar-refractivity contribution in [1.29, 1.82) is 0 Å². The van der Waals surface area contributed by atoms with Crippen LogP contribution in [0.2, 0.25) is 0 Å². The molecule has 0 unspecified atom stereocenters. The molecule has 1 aromatic carbocycles. The van der Waals surface area contributed by atoms with Gasteiger partial charge in [0.15, 0.2) is 0 Å². The Labute approximate surface area is 178 Å². The molecule has 1 heterocycles. The third kappa shape index (κ3) is 6.73. The van der Waals surface area contributed by atoms with Gasteiger partial charge in [0.1, 0.15) is 0 Å². The number of rotatable bonds is 8. The second-order valence-electron chi connectivity index (χ2n) is 7.79. The monoisotopic (exact) mass is 419 g/mol. The lowest BCUT2D eigenvalue weighted by molar-refractivity contribution is -0.129. The maximum atomic E-state index is 12.7. The first-order chi connectivity index (χ1) is 14.1. The van der Waals surface area contributed by atoms with Crippen molar-refractivity contribution >= 4 is 23.6 Å². The first-order valence-electron chi connectivity index (χ1n) is 10.7. The Balaban J connectivity index is 1.48. The van der Waals surface area contributed by atoms with Crippen molar-refractivity contribution < 1.29 is 14.3 Å². The van der Waals surface area contributed by atoms with Crippen LogP contribution in [-0.4, -0.2) is 79.8 Å². The first-order valence-corrected chi connectivity index (χ1v) is 11.7. The van der Waals surface area contributed by atoms with E-state index in [0.717, 1.165) is 50.6 Å². The van der Waals surface area contributed by atoms with E-state index in [2.05, 4.69) is 10.2 Å². The molecule has 1 N–H and O–H groups in total. The standard InChI is InChI=1S/C22H33N3O3S/c1-24(18-7-3-2-4-8-18)21(26)17-29-20-10-6-5-9-19(20)22(27)23-11-12-25-13-15-28-16-14-25/h5-6,9-10,18H,2-4,7-8,11-17H2,1H3,(H,23,27). The van der Waals surface area contributed by atoms with Crippen molar-refractivity contribution in [3.05, 3.63) is 29.8 Å². The second-order valence-corrected chi connectivity index (χ2v) is 8.81. The highest BCUT2D eigenvalue weighted by Gasteiger charge is 2.22. The number of hydrogen-bond donors (Lipinski definition) is 1. The molecule has 160 valence electrons. The van der Waals surface area contributed by atoms with Gasteiger partial charge in [-0.25, -0.2) is 0 Å². The van der Waals surface area contributed by atoms with Crippen LogP contribution >= 0.6 is 11.8 Å². The molecule has 6 nitrogen and oxygen atoms in total. The van der Waals surface area contributed by atoms with E-state index in [4.69, 9.17) is 4.74 Å². The SMILES string of the molecule is CN(C(=O)CSc1ccccc1C(=O)NCCN1CCOCC1)C1CCCCC1. The zero-order valence-corrected chi connectivity index (χ0v) is 18.2. The molecule has 29 heavy (non-hydrogen) atoms. The fourth-order valence-corrected chi connectivity index (χ4v) is 4.91. The number of benzene rings is 1. The van der Waals surface area contributed by atoms with Crippen molar-refractivity contribution in [1.82, 2.24) is 15.1 Å². The van der Waals surface area contributed by atoms with E-state index in [-0.39, 0.29) is 11.8 Å². The molecule has 1 aliphatic carbocycles. The number of thioether (sulfide) groups is 1.